The van der Waals surface area contributed by atoms with Crippen LogP contribution in [-0.2, 0) is 6.61 Å². The number of ether oxygens (including phenoxy) is 1. The smallest absolute Gasteiger partial charge is 0.174 e. The number of aromatic nitrogens is 2. The standard InChI is InChI=1S/C15H13FN2O2/c1-20-13-7-3-2-5-10(13)14-12(9-19)18-8-4-6-11(16)15(18)17-14/h2-8,19H,9H2,1H3. The van der Waals surface area contributed by atoms with Gasteiger partial charge in [0.05, 0.1) is 25.1 Å². The normalized spacial score (nSPS) is 10.9. The number of hydrogen-bond donors (Lipinski definition) is 1. The molecule has 2 heterocycles. The van der Waals surface area contributed by atoms with Gasteiger partial charge in [-0.1, -0.05) is 12.1 Å². The lowest BCUT2D eigenvalue weighted by Crippen LogP contribution is -1.95. The fourth-order valence-electron chi connectivity index (χ4n) is 2.29. The number of pyridine rings is 1. The maximum atomic E-state index is 13.8. The summed E-state index contributed by atoms with van der Waals surface area (Å²) < 4.78 is 20.7. The van der Waals surface area contributed by atoms with Crippen molar-refractivity contribution >= 4 is 5.65 Å². The minimum Gasteiger partial charge on any atom is -0.496 e. The molecule has 0 radical (unpaired) electrons. The van der Waals surface area contributed by atoms with E-state index in [1.807, 2.05) is 18.2 Å². The number of aliphatic hydroxyl groups is 1. The highest BCUT2D eigenvalue weighted by atomic mass is 19.1. The van der Waals surface area contributed by atoms with Crippen LogP contribution in [0.5, 0.6) is 5.75 Å². The van der Waals surface area contributed by atoms with E-state index in [4.69, 9.17) is 4.74 Å². The van der Waals surface area contributed by atoms with Gasteiger partial charge in [-0.2, -0.15) is 0 Å². The van der Waals surface area contributed by atoms with E-state index >= 15 is 0 Å². The fourth-order valence-corrected chi connectivity index (χ4v) is 2.29. The van der Waals surface area contributed by atoms with Crippen molar-refractivity contribution in [2.75, 3.05) is 7.11 Å². The van der Waals surface area contributed by atoms with E-state index in [2.05, 4.69) is 4.98 Å². The summed E-state index contributed by atoms with van der Waals surface area (Å²) in [6.07, 6.45) is 1.68. The molecule has 0 aliphatic heterocycles. The zero-order valence-corrected chi connectivity index (χ0v) is 10.9. The van der Waals surface area contributed by atoms with Crippen LogP contribution in [0, 0.1) is 5.82 Å². The molecule has 1 aromatic carbocycles. The van der Waals surface area contributed by atoms with Gasteiger partial charge in [0, 0.05) is 11.8 Å². The molecule has 1 N–H and O–H groups in total. The van der Waals surface area contributed by atoms with Crippen molar-refractivity contribution in [1.29, 1.82) is 0 Å². The number of halogens is 1. The van der Waals surface area contributed by atoms with Gasteiger partial charge in [-0.3, -0.25) is 4.40 Å². The Morgan fingerprint density at radius 1 is 1.25 bits per heavy atom. The molecule has 0 unspecified atom stereocenters. The van der Waals surface area contributed by atoms with E-state index < -0.39 is 5.82 Å². The first-order valence-electron chi connectivity index (χ1n) is 6.16. The molecule has 0 saturated carbocycles. The minimum absolute atomic E-state index is 0.192. The summed E-state index contributed by atoms with van der Waals surface area (Å²) in [6.45, 7) is -0.238. The van der Waals surface area contributed by atoms with E-state index in [1.165, 1.54) is 6.07 Å². The maximum Gasteiger partial charge on any atom is 0.174 e. The summed E-state index contributed by atoms with van der Waals surface area (Å²) in [7, 11) is 1.56. The zero-order chi connectivity index (χ0) is 14.1. The molecule has 102 valence electrons. The SMILES string of the molecule is COc1ccccc1-c1nc2c(F)cccn2c1CO. The average Bonchev–Trinajstić information content (AvgIpc) is 2.87. The van der Waals surface area contributed by atoms with Crippen LogP contribution in [-0.4, -0.2) is 21.6 Å². The Balaban J connectivity index is 2.33. The molecule has 0 aliphatic rings. The monoisotopic (exact) mass is 272 g/mol. The number of methoxy groups -OCH3 is 1. The molecule has 0 bridgehead atoms. The van der Waals surface area contributed by atoms with E-state index in [0.717, 1.165) is 5.56 Å². The molecule has 0 amide bonds. The van der Waals surface area contributed by atoms with Gasteiger partial charge in [-0.25, -0.2) is 9.37 Å². The largest absolute Gasteiger partial charge is 0.496 e. The van der Waals surface area contributed by atoms with Crippen molar-refractivity contribution in [2.24, 2.45) is 0 Å². The van der Waals surface area contributed by atoms with Crippen LogP contribution < -0.4 is 4.74 Å². The minimum atomic E-state index is -0.427. The highest BCUT2D eigenvalue weighted by Gasteiger charge is 2.17. The highest BCUT2D eigenvalue weighted by molar-refractivity contribution is 5.72. The molecule has 3 aromatic rings. The molecule has 2 aromatic heterocycles. The number of aliphatic hydroxyl groups excluding tert-OH is 1. The van der Waals surface area contributed by atoms with E-state index in [9.17, 15) is 9.50 Å². The first kappa shape index (κ1) is 12.6. The Bertz CT molecular complexity index is 768. The number of hydrogen-bond acceptors (Lipinski definition) is 3. The highest BCUT2D eigenvalue weighted by Crippen LogP contribution is 2.32. The third-order valence-corrected chi connectivity index (χ3v) is 3.21. The number of nitrogens with zero attached hydrogens (tertiary/aromatic N) is 2. The molecule has 0 atom stereocenters. The van der Waals surface area contributed by atoms with Crippen LogP contribution >= 0.6 is 0 Å². The van der Waals surface area contributed by atoms with Crippen molar-refractivity contribution < 1.29 is 14.2 Å². The first-order valence-corrected chi connectivity index (χ1v) is 6.16. The van der Waals surface area contributed by atoms with E-state index in [1.54, 1.807) is 29.8 Å². The maximum absolute atomic E-state index is 13.8. The Morgan fingerprint density at radius 2 is 2.05 bits per heavy atom. The van der Waals surface area contributed by atoms with E-state index in [0.29, 0.717) is 17.1 Å². The Labute approximate surface area is 115 Å². The Kier molecular flexibility index (Phi) is 3.12. The third-order valence-electron chi connectivity index (χ3n) is 3.21. The average molecular weight is 272 g/mol. The number of para-hydroxylation sites is 1. The third kappa shape index (κ3) is 1.83. The quantitative estimate of drug-likeness (QED) is 0.797. The van der Waals surface area contributed by atoms with Gasteiger partial charge in [-0.05, 0) is 24.3 Å². The number of fused-ring (bicyclic) bond motifs is 1. The second-order valence-electron chi connectivity index (χ2n) is 4.32. The molecular weight excluding hydrogens is 259 g/mol. The molecule has 0 saturated heterocycles. The Hall–Kier alpha value is -2.40. The summed E-state index contributed by atoms with van der Waals surface area (Å²) in [5.74, 6) is 0.203. The summed E-state index contributed by atoms with van der Waals surface area (Å²) in [5, 5.41) is 9.60. The Morgan fingerprint density at radius 3 is 2.80 bits per heavy atom. The van der Waals surface area contributed by atoms with E-state index in [-0.39, 0.29) is 12.3 Å². The lowest BCUT2D eigenvalue weighted by Gasteiger charge is -2.07. The molecule has 4 nitrogen and oxygen atoms in total. The molecule has 0 aliphatic carbocycles. The van der Waals surface area contributed by atoms with Crippen molar-refractivity contribution in [1.82, 2.24) is 9.38 Å². The summed E-state index contributed by atoms with van der Waals surface area (Å²) in [5.41, 5.74) is 1.97. The van der Waals surface area contributed by atoms with Gasteiger partial charge in [-0.15, -0.1) is 0 Å². The molecule has 5 heteroatoms. The lowest BCUT2D eigenvalue weighted by atomic mass is 10.1. The fraction of sp³-hybridized carbons (Fsp3) is 0.133. The summed E-state index contributed by atoms with van der Waals surface area (Å²) >= 11 is 0. The van der Waals surface area contributed by atoms with Crippen LogP contribution in [0.15, 0.2) is 42.6 Å². The van der Waals surface area contributed by atoms with Crippen LogP contribution in [0.2, 0.25) is 0 Å². The van der Waals surface area contributed by atoms with Gasteiger partial charge in [0.15, 0.2) is 11.5 Å². The van der Waals surface area contributed by atoms with Crippen molar-refractivity contribution in [3.8, 4) is 17.0 Å². The number of imidazole rings is 1. The predicted molar refractivity (Wildman–Crippen MR) is 73.1 cm³/mol. The zero-order valence-electron chi connectivity index (χ0n) is 10.9. The van der Waals surface area contributed by atoms with Crippen LogP contribution in [0.3, 0.4) is 0 Å². The van der Waals surface area contributed by atoms with Crippen molar-refractivity contribution in [3.63, 3.8) is 0 Å². The topological polar surface area (TPSA) is 46.8 Å². The van der Waals surface area contributed by atoms with Gasteiger partial charge in [0.1, 0.15) is 5.75 Å². The first-order chi connectivity index (χ1) is 9.76. The summed E-state index contributed by atoms with van der Waals surface area (Å²) in [6, 6.07) is 10.2. The second-order valence-corrected chi connectivity index (χ2v) is 4.32. The van der Waals surface area contributed by atoms with Crippen LogP contribution in [0.4, 0.5) is 4.39 Å². The number of benzene rings is 1. The molecular formula is C15H13FN2O2. The number of rotatable bonds is 3. The molecule has 0 fully saturated rings. The second kappa shape index (κ2) is 4.94. The molecule has 3 rings (SSSR count). The van der Waals surface area contributed by atoms with Gasteiger partial charge < -0.3 is 9.84 Å². The lowest BCUT2D eigenvalue weighted by molar-refractivity contribution is 0.276. The van der Waals surface area contributed by atoms with Gasteiger partial charge in [0.2, 0.25) is 0 Å². The molecule has 20 heavy (non-hydrogen) atoms. The van der Waals surface area contributed by atoms with Crippen molar-refractivity contribution in [2.45, 2.75) is 6.61 Å². The van der Waals surface area contributed by atoms with Crippen molar-refractivity contribution in [3.05, 3.63) is 54.1 Å². The van der Waals surface area contributed by atoms with Gasteiger partial charge >= 0.3 is 0 Å². The summed E-state index contributed by atoms with van der Waals surface area (Å²) in [4.78, 5) is 4.31. The van der Waals surface area contributed by atoms with Gasteiger partial charge in [0.25, 0.3) is 0 Å². The molecule has 0 spiro atoms. The van der Waals surface area contributed by atoms with Crippen LogP contribution in [0.1, 0.15) is 5.69 Å². The predicted octanol–water partition coefficient (Wildman–Crippen LogP) is 2.64. The van der Waals surface area contributed by atoms with Crippen LogP contribution in [0.25, 0.3) is 16.9 Å².